The van der Waals surface area contributed by atoms with Crippen molar-refractivity contribution in [1.82, 2.24) is 5.32 Å². The molecule has 0 spiro atoms. The summed E-state index contributed by atoms with van der Waals surface area (Å²) in [7, 11) is 0. The number of guanidine groups is 1. The van der Waals surface area contributed by atoms with E-state index in [1.165, 1.54) is 31.4 Å². The summed E-state index contributed by atoms with van der Waals surface area (Å²) in [5.74, 6) is -0.578. The van der Waals surface area contributed by atoms with Crippen molar-refractivity contribution in [3.63, 3.8) is 0 Å². The van der Waals surface area contributed by atoms with E-state index in [2.05, 4.69) is 10.3 Å². The molecular formula is C17H24F2IN3. The minimum absolute atomic E-state index is 0. The van der Waals surface area contributed by atoms with E-state index < -0.39 is 11.6 Å². The molecule has 0 unspecified atom stereocenters. The summed E-state index contributed by atoms with van der Waals surface area (Å²) in [6.45, 7) is 0.459. The van der Waals surface area contributed by atoms with Crippen LogP contribution >= 0.6 is 24.0 Å². The number of hydrogen-bond donors (Lipinski definition) is 2. The predicted molar refractivity (Wildman–Crippen MR) is 99.2 cm³/mol. The van der Waals surface area contributed by atoms with Crippen molar-refractivity contribution in [3.8, 4) is 0 Å². The molecule has 0 radical (unpaired) electrons. The Bertz CT molecular complexity index is 567. The summed E-state index contributed by atoms with van der Waals surface area (Å²) in [5, 5.41) is 3.27. The van der Waals surface area contributed by atoms with Gasteiger partial charge >= 0.3 is 0 Å². The lowest BCUT2D eigenvalue weighted by Gasteiger charge is -2.23. The topological polar surface area (TPSA) is 50.4 Å². The number of nitrogens with zero attached hydrogens (tertiary/aromatic N) is 1. The molecule has 128 valence electrons. The predicted octanol–water partition coefficient (Wildman–Crippen LogP) is 3.85. The van der Waals surface area contributed by atoms with Gasteiger partial charge in [-0.3, -0.25) is 4.99 Å². The lowest BCUT2D eigenvalue weighted by molar-refractivity contribution is 0.412. The number of nitrogens with one attached hydrogen (secondary N) is 1. The minimum Gasteiger partial charge on any atom is -0.370 e. The highest BCUT2D eigenvalue weighted by atomic mass is 127. The molecule has 1 aromatic rings. The van der Waals surface area contributed by atoms with Crippen molar-refractivity contribution in [2.75, 3.05) is 6.54 Å². The average molecular weight is 435 g/mol. The lowest BCUT2D eigenvalue weighted by Crippen LogP contribution is -2.41. The Labute approximate surface area is 153 Å². The van der Waals surface area contributed by atoms with Crippen LogP contribution in [0.4, 0.5) is 8.78 Å². The Morgan fingerprint density at radius 2 is 1.91 bits per heavy atom. The number of benzene rings is 1. The van der Waals surface area contributed by atoms with E-state index in [1.807, 2.05) is 0 Å². The second kappa shape index (κ2) is 7.77. The molecule has 2 aliphatic carbocycles. The molecule has 0 amide bonds. The molecule has 3 N–H and O–H groups in total. The van der Waals surface area contributed by atoms with Crippen LogP contribution in [-0.4, -0.2) is 18.5 Å². The molecular weight excluding hydrogens is 411 g/mol. The molecule has 2 aliphatic rings. The van der Waals surface area contributed by atoms with Crippen LogP contribution < -0.4 is 11.1 Å². The van der Waals surface area contributed by atoms with Gasteiger partial charge in [0.15, 0.2) is 5.96 Å². The van der Waals surface area contributed by atoms with E-state index >= 15 is 0 Å². The third-order valence-electron chi connectivity index (χ3n) is 4.87. The molecule has 1 aromatic carbocycles. The van der Waals surface area contributed by atoms with E-state index in [-0.39, 0.29) is 29.4 Å². The normalized spacial score (nSPS) is 20.7. The first kappa shape index (κ1) is 18.4. The Morgan fingerprint density at radius 3 is 2.52 bits per heavy atom. The fourth-order valence-electron chi connectivity index (χ4n) is 3.32. The first-order chi connectivity index (χ1) is 10.6. The monoisotopic (exact) mass is 435 g/mol. The van der Waals surface area contributed by atoms with Gasteiger partial charge < -0.3 is 11.1 Å². The van der Waals surface area contributed by atoms with Crippen LogP contribution in [0.2, 0.25) is 0 Å². The fourth-order valence-corrected chi connectivity index (χ4v) is 3.32. The molecule has 6 heteroatoms. The van der Waals surface area contributed by atoms with Crippen molar-refractivity contribution in [3.05, 3.63) is 35.4 Å². The standard InChI is InChI=1S/C17H23F2N3.HI/c18-12-6-7-14(15(19)10-12)17(8-9-17)11-21-16(20)22-13-4-2-1-3-5-13;/h6-7,10,13H,1-5,8-9,11H2,(H3,20,21,22);1H. The molecule has 0 saturated heterocycles. The van der Waals surface area contributed by atoms with E-state index in [9.17, 15) is 8.78 Å². The van der Waals surface area contributed by atoms with Gasteiger partial charge in [0, 0.05) is 17.5 Å². The van der Waals surface area contributed by atoms with Gasteiger partial charge in [-0.1, -0.05) is 25.3 Å². The zero-order valence-corrected chi connectivity index (χ0v) is 15.5. The maximum Gasteiger partial charge on any atom is 0.188 e. The zero-order chi connectivity index (χ0) is 15.6. The van der Waals surface area contributed by atoms with Gasteiger partial charge in [-0.2, -0.15) is 0 Å². The van der Waals surface area contributed by atoms with Crippen molar-refractivity contribution in [1.29, 1.82) is 0 Å². The molecule has 3 rings (SSSR count). The van der Waals surface area contributed by atoms with Gasteiger partial charge in [-0.25, -0.2) is 8.78 Å². The van der Waals surface area contributed by atoms with Crippen LogP contribution in [0.3, 0.4) is 0 Å². The summed E-state index contributed by atoms with van der Waals surface area (Å²) in [5.41, 5.74) is 6.23. The second-order valence-electron chi connectivity index (χ2n) is 6.59. The Morgan fingerprint density at radius 1 is 1.22 bits per heavy atom. The van der Waals surface area contributed by atoms with Crippen molar-refractivity contribution < 1.29 is 8.78 Å². The van der Waals surface area contributed by atoms with E-state index in [1.54, 1.807) is 0 Å². The smallest absolute Gasteiger partial charge is 0.188 e. The summed E-state index contributed by atoms with van der Waals surface area (Å²) in [6, 6.07) is 4.21. The van der Waals surface area contributed by atoms with Crippen molar-refractivity contribution in [2.45, 2.75) is 56.4 Å². The van der Waals surface area contributed by atoms with Crippen LogP contribution in [0, 0.1) is 11.6 Å². The summed E-state index contributed by atoms with van der Waals surface area (Å²) < 4.78 is 27.0. The molecule has 0 heterocycles. The molecule has 2 saturated carbocycles. The zero-order valence-electron chi connectivity index (χ0n) is 13.2. The van der Waals surface area contributed by atoms with Crippen LogP contribution in [0.25, 0.3) is 0 Å². The molecule has 0 aliphatic heterocycles. The van der Waals surface area contributed by atoms with Gasteiger partial charge in [-0.05, 0) is 37.3 Å². The number of aliphatic imine (C=N–C) groups is 1. The maximum atomic E-state index is 13.9. The molecule has 23 heavy (non-hydrogen) atoms. The highest BCUT2D eigenvalue weighted by molar-refractivity contribution is 14.0. The van der Waals surface area contributed by atoms with Crippen LogP contribution in [0.15, 0.2) is 23.2 Å². The third kappa shape index (κ3) is 4.55. The second-order valence-corrected chi connectivity index (χ2v) is 6.59. The molecule has 0 bridgehead atoms. The molecule has 0 atom stereocenters. The van der Waals surface area contributed by atoms with E-state index in [4.69, 9.17) is 5.73 Å². The molecule has 0 aromatic heterocycles. The number of nitrogens with two attached hydrogens (primary N) is 1. The SMILES string of the molecule is I.NC(=NCC1(c2ccc(F)cc2F)CC1)NC1CCCCC1. The van der Waals surface area contributed by atoms with Gasteiger partial charge in [0.1, 0.15) is 11.6 Å². The highest BCUT2D eigenvalue weighted by Gasteiger charge is 2.46. The Hall–Kier alpha value is -0.920. The van der Waals surface area contributed by atoms with Crippen LogP contribution in [0.1, 0.15) is 50.5 Å². The van der Waals surface area contributed by atoms with Crippen LogP contribution in [0.5, 0.6) is 0 Å². The number of halogens is 3. The molecule has 3 nitrogen and oxygen atoms in total. The summed E-state index contributed by atoms with van der Waals surface area (Å²) in [4.78, 5) is 4.42. The van der Waals surface area contributed by atoms with Gasteiger partial charge in [0.2, 0.25) is 0 Å². The quantitative estimate of drug-likeness (QED) is 0.429. The average Bonchev–Trinajstić information content (AvgIpc) is 3.27. The third-order valence-corrected chi connectivity index (χ3v) is 4.87. The fraction of sp³-hybridized carbons (Fsp3) is 0.588. The van der Waals surface area contributed by atoms with Crippen LogP contribution in [-0.2, 0) is 5.41 Å². The van der Waals surface area contributed by atoms with Gasteiger partial charge in [0.25, 0.3) is 0 Å². The molecule has 2 fully saturated rings. The Balaban J connectivity index is 0.00000192. The minimum atomic E-state index is -0.543. The first-order valence-corrected chi connectivity index (χ1v) is 8.11. The Kier molecular flexibility index (Phi) is 6.22. The summed E-state index contributed by atoms with van der Waals surface area (Å²) in [6.07, 6.45) is 7.76. The van der Waals surface area contributed by atoms with E-state index in [0.29, 0.717) is 24.1 Å². The van der Waals surface area contributed by atoms with Crippen molar-refractivity contribution in [2.24, 2.45) is 10.7 Å². The van der Waals surface area contributed by atoms with Gasteiger partial charge in [-0.15, -0.1) is 24.0 Å². The maximum absolute atomic E-state index is 13.9. The highest BCUT2D eigenvalue weighted by Crippen LogP contribution is 2.49. The lowest BCUT2D eigenvalue weighted by atomic mass is 9.95. The van der Waals surface area contributed by atoms with E-state index in [0.717, 1.165) is 31.7 Å². The van der Waals surface area contributed by atoms with Gasteiger partial charge in [0.05, 0.1) is 6.54 Å². The summed E-state index contributed by atoms with van der Waals surface area (Å²) >= 11 is 0. The largest absolute Gasteiger partial charge is 0.370 e. The number of rotatable bonds is 4. The first-order valence-electron chi connectivity index (χ1n) is 8.11. The number of hydrogen-bond acceptors (Lipinski definition) is 1. The van der Waals surface area contributed by atoms with Crippen molar-refractivity contribution >= 4 is 29.9 Å².